The molecule has 0 aliphatic heterocycles. The Labute approximate surface area is 59.2 Å². The first-order valence-electron chi connectivity index (χ1n) is 3.23. The Balaban J connectivity index is 3.21. The summed E-state index contributed by atoms with van der Waals surface area (Å²) >= 11 is 0. The predicted octanol–water partition coefficient (Wildman–Crippen LogP) is 0.817. The number of nitrogens with one attached hydrogen (secondary N) is 1. The Morgan fingerprint density at radius 2 is 2.00 bits per heavy atom. The maximum atomic E-state index is 11.7. The van der Waals surface area contributed by atoms with Crippen LogP contribution >= 0.6 is 0 Å². The van der Waals surface area contributed by atoms with Crippen molar-refractivity contribution in [3.8, 4) is 0 Å². The summed E-state index contributed by atoms with van der Waals surface area (Å²) in [5.74, 6) is 0.322. The highest BCUT2D eigenvalue weighted by Crippen LogP contribution is 2.04. The number of rotatable bonds is 4. The molecule has 0 rings (SSSR count). The monoisotopic (exact) mass is 153 g/mol. The quantitative estimate of drug-likeness (QED) is 0.626. The molecule has 2 nitrogen and oxygen atoms in total. The highest BCUT2D eigenvalue weighted by atomic mass is 19.3. The SMILES string of the molecule is CC(C)CNCC(O)(F)F. The largest absolute Gasteiger partial charge is 0.365 e. The van der Waals surface area contributed by atoms with E-state index in [2.05, 4.69) is 5.32 Å². The van der Waals surface area contributed by atoms with Gasteiger partial charge in [0, 0.05) is 0 Å². The van der Waals surface area contributed by atoms with Gasteiger partial charge >= 0.3 is 6.11 Å². The van der Waals surface area contributed by atoms with Crippen LogP contribution < -0.4 is 5.32 Å². The van der Waals surface area contributed by atoms with E-state index in [0.29, 0.717) is 12.5 Å². The molecule has 0 amide bonds. The summed E-state index contributed by atoms with van der Waals surface area (Å²) in [7, 11) is 0. The first kappa shape index (κ1) is 9.78. The lowest BCUT2D eigenvalue weighted by molar-refractivity contribution is -0.194. The summed E-state index contributed by atoms with van der Waals surface area (Å²) < 4.78 is 23.3. The Kier molecular flexibility index (Phi) is 3.75. The number of hydrogen-bond donors (Lipinski definition) is 2. The second-order valence-electron chi connectivity index (χ2n) is 2.69. The molecule has 0 spiro atoms. The Morgan fingerprint density at radius 3 is 2.30 bits per heavy atom. The Hall–Kier alpha value is -0.220. The van der Waals surface area contributed by atoms with Crippen molar-refractivity contribution in [1.82, 2.24) is 5.32 Å². The van der Waals surface area contributed by atoms with E-state index < -0.39 is 12.7 Å². The molecule has 62 valence electrons. The van der Waals surface area contributed by atoms with Gasteiger partial charge in [0.25, 0.3) is 0 Å². The molecule has 0 aromatic carbocycles. The fraction of sp³-hybridized carbons (Fsp3) is 1.00. The van der Waals surface area contributed by atoms with E-state index in [1.807, 2.05) is 13.8 Å². The van der Waals surface area contributed by atoms with Crippen LogP contribution in [0.2, 0.25) is 0 Å². The zero-order chi connectivity index (χ0) is 8.20. The zero-order valence-corrected chi connectivity index (χ0v) is 6.19. The fourth-order valence-corrected chi connectivity index (χ4v) is 0.511. The molecule has 0 atom stereocenters. The molecule has 0 aliphatic carbocycles. The molecule has 0 aliphatic rings. The second kappa shape index (κ2) is 3.83. The molecule has 0 saturated carbocycles. The summed E-state index contributed by atoms with van der Waals surface area (Å²) in [5, 5.41) is 10.4. The van der Waals surface area contributed by atoms with E-state index in [9.17, 15) is 8.78 Å². The molecule has 0 radical (unpaired) electrons. The van der Waals surface area contributed by atoms with Crippen molar-refractivity contribution in [2.24, 2.45) is 5.92 Å². The van der Waals surface area contributed by atoms with Crippen molar-refractivity contribution in [2.75, 3.05) is 13.1 Å². The van der Waals surface area contributed by atoms with Crippen molar-refractivity contribution in [2.45, 2.75) is 20.0 Å². The summed E-state index contributed by atoms with van der Waals surface area (Å²) in [6, 6.07) is 0. The average molecular weight is 153 g/mol. The van der Waals surface area contributed by atoms with Gasteiger partial charge in [0.15, 0.2) is 0 Å². The summed E-state index contributed by atoms with van der Waals surface area (Å²) in [4.78, 5) is 0. The minimum absolute atomic E-state index is 0.322. The minimum atomic E-state index is -3.57. The van der Waals surface area contributed by atoms with Crippen LogP contribution in [0.1, 0.15) is 13.8 Å². The minimum Gasteiger partial charge on any atom is -0.335 e. The van der Waals surface area contributed by atoms with Gasteiger partial charge in [-0.25, -0.2) is 0 Å². The van der Waals surface area contributed by atoms with E-state index in [0.717, 1.165) is 0 Å². The van der Waals surface area contributed by atoms with Gasteiger partial charge in [0.1, 0.15) is 0 Å². The van der Waals surface area contributed by atoms with Gasteiger partial charge in [-0.2, -0.15) is 8.78 Å². The Morgan fingerprint density at radius 1 is 1.50 bits per heavy atom. The van der Waals surface area contributed by atoms with Gasteiger partial charge in [-0.3, -0.25) is 0 Å². The normalized spacial score (nSPS) is 12.6. The van der Waals surface area contributed by atoms with E-state index >= 15 is 0 Å². The third-order valence-corrected chi connectivity index (χ3v) is 0.890. The standard InChI is InChI=1S/C6H13F2NO/c1-5(2)3-9-4-6(7,8)10/h5,9-10H,3-4H2,1-2H3. The molecular weight excluding hydrogens is 140 g/mol. The van der Waals surface area contributed by atoms with E-state index in [4.69, 9.17) is 5.11 Å². The highest BCUT2D eigenvalue weighted by Gasteiger charge is 2.22. The lowest BCUT2D eigenvalue weighted by Gasteiger charge is -2.10. The molecule has 2 N–H and O–H groups in total. The van der Waals surface area contributed by atoms with Gasteiger partial charge in [0.05, 0.1) is 6.54 Å². The van der Waals surface area contributed by atoms with Crippen LogP contribution in [0, 0.1) is 5.92 Å². The molecular formula is C6H13F2NO. The molecule has 0 bridgehead atoms. The van der Waals surface area contributed by atoms with Gasteiger partial charge in [-0.1, -0.05) is 13.8 Å². The van der Waals surface area contributed by atoms with E-state index in [1.165, 1.54) is 0 Å². The van der Waals surface area contributed by atoms with Crippen LogP contribution in [0.4, 0.5) is 8.78 Å². The number of aliphatic hydroxyl groups is 1. The van der Waals surface area contributed by atoms with Crippen molar-refractivity contribution in [3.05, 3.63) is 0 Å². The van der Waals surface area contributed by atoms with Crippen LogP contribution in [-0.4, -0.2) is 24.3 Å². The highest BCUT2D eigenvalue weighted by molar-refractivity contribution is 4.56. The average Bonchev–Trinajstić information content (AvgIpc) is 1.59. The zero-order valence-electron chi connectivity index (χ0n) is 6.19. The smallest absolute Gasteiger partial charge is 0.335 e. The maximum Gasteiger partial charge on any atom is 0.365 e. The molecule has 10 heavy (non-hydrogen) atoms. The van der Waals surface area contributed by atoms with Crippen molar-refractivity contribution in [3.63, 3.8) is 0 Å². The van der Waals surface area contributed by atoms with Crippen LogP contribution in [0.5, 0.6) is 0 Å². The molecule has 0 aromatic heterocycles. The van der Waals surface area contributed by atoms with Crippen molar-refractivity contribution in [1.29, 1.82) is 0 Å². The number of alkyl halides is 2. The third kappa shape index (κ3) is 7.78. The molecule has 0 heterocycles. The van der Waals surface area contributed by atoms with E-state index in [-0.39, 0.29) is 0 Å². The topological polar surface area (TPSA) is 32.3 Å². The van der Waals surface area contributed by atoms with Crippen LogP contribution in [0.25, 0.3) is 0 Å². The summed E-state index contributed by atoms with van der Waals surface area (Å²) in [6.45, 7) is 3.65. The predicted molar refractivity (Wildman–Crippen MR) is 34.9 cm³/mol. The molecule has 0 fully saturated rings. The van der Waals surface area contributed by atoms with Crippen molar-refractivity contribution < 1.29 is 13.9 Å². The van der Waals surface area contributed by atoms with Gasteiger partial charge < -0.3 is 10.4 Å². The first-order valence-corrected chi connectivity index (χ1v) is 3.23. The number of halogens is 2. The van der Waals surface area contributed by atoms with Gasteiger partial charge in [-0.15, -0.1) is 0 Å². The molecule has 0 aromatic rings. The van der Waals surface area contributed by atoms with Crippen molar-refractivity contribution >= 4 is 0 Å². The lowest BCUT2D eigenvalue weighted by atomic mass is 10.2. The maximum absolute atomic E-state index is 11.7. The summed E-state index contributed by atoms with van der Waals surface area (Å²) in [6.07, 6.45) is -3.57. The molecule has 0 unspecified atom stereocenters. The van der Waals surface area contributed by atoms with Crippen LogP contribution in [-0.2, 0) is 0 Å². The molecule has 4 heteroatoms. The van der Waals surface area contributed by atoms with Gasteiger partial charge in [-0.05, 0) is 12.5 Å². The second-order valence-corrected chi connectivity index (χ2v) is 2.69. The summed E-state index contributed by atoms with van der Waals surface area (Å²) in [5.41, 5.74) is 0. The van der Waals surface area contributed by atoms with Crippen LogP contribution in [0.15, 0.2) is 0 Å². The van der Waals surface area contributed by atoms with Gasteiger partial charge in [0.2, 0.25) is 0 Å². The Bertz CT molecular complexity index is 90.2. The lowest BCUT2D eigenvalue weighted by Crippen LogP contribution is -2.34. The fourth-order valence-electron chi connectivity index (χ4n) is 0.511. The van der Waals surface area contributed by atoms with Crippen LogP contribution in [0.3, 0.4) is 0 Å². The number of hydrogen-bond acceptors (Lipinski definition) is 2. The third-order valence-electron chi connectivity index (χ3n) is 0.890. The molecule has 0 saturated heterocycles. The first-order chi connectivity index (χ1) is 4.42. The van der Waals surface area contributed by atoms with E-state index in [1.54, 1.807) is 0 Å².